The number of carbonyl (C=O) groups excluding carboxylic acids is 1. The molecule has 1 aromatic carbocycles. The van der Waals surface area contributed by atoms with Gasteiger partial charge in [0, 0.05) is 5.02 Å². The van der Waals surface area contributed by atoms with Gasteiger partial charge in [-0.15, -0.1) is 0 Å². The van der Waals surface area contributed by atoms with Crippen molar-refractivity contribution < 1.29 is 32.3 Å². The summed E-state index contributed by atoms with van der Waals surface area (Å²) >= 11 is 5.50. The SMILES string of the molecule is CC(NC(=O)c1cc(Cl)ccc1F)(C(=O)O)C(F)(F)F. The van der Waals surface area contributed by atoms with Crippen LogP contribution in [0.2, 0.25) is 5.02 Å². The number of amides is 1. The van der Waals surface area contributed by atoms with Crippen LogP contribution < -0.4 is 5.32 Å². The first-order valence-corrected chi connectivity index (χ1v) is 5.44. The minimum absolute atomic E-state index is 0.0828. The van der Waals surface area contributed by atoms with E-state index in [-0.39, 0.29) is 11.9 Å². The van der Waals surface area contributed by atoms with Crippen LogP contribution in [-0.4, -0.2) is 28.7 Å². The second kappa shape index (κ2) is 5.28. The van der Waals surface area contributed by atoms with Crippen molar-refractivity contribution >= 4 is 23.5 Å². The van der Waals surface area contributed by atoms with Gasteiger partial charge in [0.1, 0.15) is 5.82 Å². The minimum Gasteiger partial charge on any atom is -0.479 e. The summed E-state index contributed by atoms with van der Waals surface area (Å²) in [6.45, 7) is 0.260. The lowest BCUT2D eigenvalue weighted by molar-refractivity contribution is -0.203. The molecule has 110 valence electrons. The highest BCUT2D eigenvalue weighted by atomic mass is 35.5. The molecule has 1 unspecified atom stereocenters. The number of alkyl halides is 3. The van der Waals surface area contributed by atoms with Crippen LogP contribution in [0.15, 0.2) is 18.2 Å². The summed E-state index contributed by atoms with van der Waals surface area (Å²) in [6.07, 6.45) is -5.26. The molecule has 0 aliphatic rings. The van der Waals surface area contributed by atoms with Gasteiger partial charge in [-0.05, 0) is 25.1 Å². The molecule has 4 nitrogen and oxygen atoms in total. The molecule has 9 heteroatoms. The minimum atomic E-state index is -5.26. The second-order valence-corrected chi connectivity index (χ2v) is 4.44. The Morgan fingerprint density at radius 2 is 1.85 bits per heavy atom. The molecule has 0 heterocycles. The molecule has 1 aromatic rings. The van der Waals surface area contributed by atoms with Gasteiger partial charge < -0.3 is 10.4 Å². The number of carboxylic acids is 1. The zero-order chi connectivity index (χ0) is 15.7. The molecule has 20 heavy (non-hydrogen) atoms. The van der Waals surface area contributed by atoms with Crippen molar-refractivity contribution in [3.05, 3.63) is 34.6 Å². The molecule has 0 aliphatic carbocycles. The van der Waals surface area contributed by atoms with Crippen LogP contribution in [-0.2, 0) is 4.79 Å². The van der Waals surface area contributed by atoms with E-state index in [9.17, 15) is 27.2 Å². The highest BCUT2D eigenvalue weighted by Crippen LogP contribution is 2.31. The Bertz CT molecular complexity index is 561. The van der Waals surface area contributed by atoms with Crippen molar-refractivity contribution in [3.63, 3.8) is 0 Å². The Hall–Kier alpha value is -1.83. The highest BCUT2D eigenvalue weighted by molar-refractivity contribution is 6.31. The van der Waals surface area contributed by atoms with Gasteiger partial charge in [0.15, 0.2) is 0 Å². The Kier molecular flexibility index (Phi) is 4.28. The molecular weight excluding hydrogens is 306 g/mol. The summed E-state index contributed by atoms with van der Waals surface area (Å²) in [5.41, 5.74) is -4.33. The maximum Gasteiger partial charge on any atom is 0.422 e. The quantitative estimate of drug-likeness (QED) is 0.843. The zero-order valence-electron chi connectivity index (χ0n) is 9.89. The predicted octanol–water partition coefficient (Wildman–Crippen LogP) is 2.61. The van der Waals surface area contributed by atoms with Crippen molar-refractivity contribution in [2.45, 2.75) is 18.6 Å². The van der Waals surface area contributed by atoms with Gasteiger partial charge in [0.2, 0.25) is 5.54 Å². The first-order valence-electron chi connectivity index (χ1n) is 5.06. The van der Waals surface area contributed by atoms with Crippen molar-refractivity contribution in [3.8, 4) is 0 Å². The third-order valence-corrected chi connectivity index (χ3v) is 2.77. The highest BCUT2D eigenvalue weighted by Gasteiger charge is 2.58. The standard InChI is InChI=1S/C11H8ClF4NO3/c1-10(9(19)20,11(14,15)16)17-8(18)6-4-5(12)2-3-7(6)13/h2-4H,1H3,(H,17,18)(H,19,20). The third kappa shape index (κ3) is 3.01. The predicted molar refractivity (Wildman–Crippen MR) is 61.0 cm³/mol. The molecule has 2 N–H and O–H groups in total. The van der Waals surface area contributed by atoms with Gasteiger partial charge in [-0.2, -0.15) is 13.2 Å². The first-order chi connectivity index (χ1) is 8.99. The fourth-order valence-electron chi connectivity index (χ4n) is 1.21. The second-order valence-electron chi connectivity index (χ2n) is 4.01. The van der Waals surface area contributed by atoms with E-state index >= 15 is 0 Å². The van der Waals surface area contributed by atoms with Gasteiger partial charge in [0.05, 0.1) is 5.56 Å². The number of hydrogen-bond acceptors (Lipinski definition) is 2. The summed E-state index contributed by atoms with van der Waals surface area (Å²) in [5, 5.41) is 9.81. The molecule has 0 aromatic heterocycles. The van der Waals surface area contributed by atoms with Gasteiger partial charge in [0.25, 0.3) is 5.91 Å². The van der Waals surface area contributed by atoms with Gasteiger partial charge >= 0.3 is 12.1 Å². The van der Waals surface area contributed by atoms with Crippen LogP contribution >= 0.6 is 11.6 Å². The van der Waals surface area contributed by atoms with E-state index in [1.165, 1.54) is 5.32 Å². The molecule has 1 amide bonds. The van der Waals surface area contributed by atoms with E-state index < -0.39 is 35.0 Å². The summed E-state index contributed by atoms with van der Waals surface area (Å²) < 4.78 is 51.4. The van der Waals surface area contributed by atoms with Crippen molar-refractivity contribution in [1.29, 1.82) is 0 Å². The van der Waals surface area contributed by atoms with E-state index in [4.69, 9.17) is 16.7 Å². The maximum absolute atomic E-state index is 13.3. The van der Waals surface area contributed by atoms with Crippen LogP contribution in [0.5, 0.6) is 0 Å². The average Bonchev–Trinajstić information content (AvgIpc) is 2.30. The molecule has 0 saturated carbocycles. The number of nitrogens with one attached hydrogen (secondary N) is 1. The lowest BCUT2D eigenvalue weighted by Gasteiger charge is -2.28. The number of carbonyl (C=O) groups is 2. The normalized spacial score (nSPS) is 14.5. The lowest BCUT2D eigenvalue weighted by atomic mass is 10.0. The fraction of sp³-hybridized carbons (Fsp3) is 0.273. The summed E-state index contributed by atoms with van der Waals surface area (Å²) in [6, 6.07) is 2.67. The molecular formula is C11H8ClF4NO3. The van der Waals surface area contributed by atoms with E-state index in [1.807, 2.05) is 0 Å². The van der Waals surface area contributed by atoms with Crippen LogP contribution in [0.4, 0.5) is 17.6 Å². The van der Waals surface area contributed by atoms with E-state index in [0.29, 0.717) is 0 Å². The smallest absolute Gasteiger partial charge is 0.422 e. The van der Waals surface area contributed by atoms with Crippen LogP contribution in [0.25, 0.3) is 0 Å². The molecule has 0 radical (unpaired) electrons. The van der Waals surface area contributed by atoms with Crippen LogP contribution in [0.3, 0.4) is 0 Å². The monoisotopic (exact) mass is 313 g/mol. The molecule has 0 bridgehead atoms. The van der Waals surface area contributed by atoms with Crippen LogP contribution in [0.1, 0.15) is 17.3 Å². The number of aliphatic carboxylic acids is 1. The van der Waals surface area contributed by atoms with Crippen LogP contribution in [0, 0.1) is 5.82 Å². The molecule has 0 spiro atoms. The number of carboxylic acid groups (broad SMARTS) is 1. The Morgan fingerprint density at radius 3 is 2.30 bits per heavy atom. The van der Waals surface area contributed by atoms with Crippen molar-refractivity contribution in [2.75, 3.05) is 0 Å². The Morgan fingerprint density at radius 1 is 1.30 bits per heavy atom. The zero-order valence-corrected chi connectivity index (χ0v) is 10.6. The number of halogens is 5. The Balaban J connectivity index is 3.16. The summed E-state index contributed by atoms with van der Waals surface area (Å²) in [5.74, 6) is -4.98. The number of hydrogen-bond donors (Lipinski definition) is 2. The number of rotatable bonds is 3. The Labute approximate surface area is 115 Å². The van der Waals surface area contributed by atoms with Crippen molar-refractivity contribution in [1.82, 2.24) is 5.32 Å². The first kappa shape index (κ1) is 16.2. The molecule has 0 fully saturated rings. The number of benzene rings is 1. The van der Waals surface area contributed by atoms with Gasteiger partial charge in [-0.3, -0.25) is 4.79 Å². The third-order valence-electron chi connectivity index (χ3n) is 2.53. The maximum atomic E-state index is 13.3. The largest absolute Gasteiger partial charge is 0.479 e. The molecule has 0 aliphatic heterocycles. The molecule has 0 saturated heterocycles. The van der Waals surface area contributed by atoms with Gasteiger partial charge in [-0.25, -0.2) is 9.18 Å². The van der Waals surface area contributed by atoms with E-state index in [2.05, 4.69) is 0 Å². The average molecular weight is 314 g/mol. The molecule has 1 atom stereocenters. The summed E-state index contributed by atoms with van der Waals surface area (Å²) in [4.78, 5) is 22.3. The van der Waals surface area contributed by atoms with E-state index in [1.54, 1.807) is 0 Å². The van der Waals surface area contributed by atoms with E-state index in [0.717, 1.165) is 18.2 Å². The fourth-order valence-corrected chi connectivity index (χ4v) is 1.38. The summed E-state index contributed by atoms with van der Waals surface area (Å²) in [7, 11) is 0. The lowest BCUT2D eigenvalue weighted by Crippen LogP contribution is -2.62. The van der Waals surface area contributed by atoms with Gasteiger partial charge in [-0.1, -0.05) is 11.6 Å². The topological polar surface area (TPSA) is 66.4 Å². The molecule has 1 rings (SSSR count). The van der Waals surface area contributed by atoms with Crippen molar-refractivity contribution in [2.24, 2.45) is 0 Å².